The molecule has 3 rings (SSSR count). The summed E-state index contributed by atoms with van der Waals surface area (Å²) in [5, 5.41) is 14.4. The van der Waals surface area contributed by atoms with E-state index in [0.29, 0.717) is 12.3 Å². The van der Waals surface area contributed by atoms with Crippen LogP contribution in [0.2, 0.25) is 0 Å². The summed E-state index contributed by atoms with van der Waals surface area (Å²) < 4.78 is 5.18. The van der Waals surface area contributed by atoms with Gasteiger partial charge in [-0.2, -0.15) is 0 Å². The van der Waals surface area contributed by atoms with Crippen LogP contribution in [-0.2, 0) is 12.8 Å². The number of nitrogens with one attached hydrogen (secondary N) is 1. The molecule has 1 aliphatic rings. The standard InChI is InChI=1S/C14H18N2O2S/c1-9(14-16-10-4-2-6-13(10)19-14)15-8-11(17)12-5-3-7-18-12/h3,5,7,9,11,15,17H,2,4,6,8H2,1H3. The van der Waals surface area contributed by atoms with Crippen LogP contribution in [0.1, 0.15) is 46.8 Å². The van der Waals surface area contributed by atoms with Crippen LogP contribution in [0.25, 0.3) is 0 Å². The van der Waals surface area contributed by atoms with Gasteiger partial charge in [-0.05, 0) is 38.3 Å². The van der Waals surface area contributed by atoms with Crippen molar-refractivity contribution < 1.29 is 9.52 Å². The molecule has 2 unspecified atom stereocenters. The normalized spacial score (nSPS) is 17.4. The van der Waals surface area contributed by atoms with Gasteiger partial charge in [0.25, 0.3) is 0 Å². The fraction of sp³-hybridized carbons (Fsp3) is 0.500. The molecule has 1 aliphatic carbocycles. The van der Waals surface area contributed by atoms with Crippen LogP contribution in [-0.4, -0.2) is 16.6 Å². The van der Waals surface area contributed by atoms with Gasteiger partial charge in [-0.3, -0.25) is 0 Å². The summed E-state index contributed by atoms with van der Waals surface area (Å²) >= 11 is 1.80. The van der Waals surface area contributed by atoms with Crippen molar-refractivity contribution in [2.45, 2.75) is 38.3 Å². The van der Waals surface area contributed by atoms with Gasteiger partial charge in [0.1, 0.15) is 16.9 Å². The summed E-state index contributed by atoms with van der Waals surface area (Å²) in [4.78, 5) is 6.12. The zero-order valence-corrected chi connectivity index (χ0v) is 11.7. The summed E-state index contributed by atoms with van der Waals surface area (Å²) in [6.07, 6.45) is 4.51. The zero-order valence-electron chi connectivity index (χ0n) is 10.9. The highest BCUT2D eigenvalue weighted by Crippen LogP contribution is 2.30. The summed E-state index contributed by atoms with van der Waals surface area (Å²) in [5.74, 6) is 0.598. The van der Waals surface area contributed by atoms with E-state index in [1.54, 1.807) is 29.7 Å². The van der Waals surface area contributed by atoms with Crippen LogP contribution < -0.4 is 5.32 Å². The van der Waals surface area contributed by atoms with Gasteiger partial charge in [-0.1, -0.05) is 0 Å². The third kappa shape index (κ3) is 2.73. The predicted octanol–water partition coefficient (Wildman–Crippen LogP) is 2.61. The molecule has 2 atom stereocenters. The highest BCUT2D eigenvalue weighted by atomic mass is 32.1. The first kappa shape index (κ1) is 12.8. The molecule has 0 radical (unpaired) electrons. The molecule has 2 aromatic heterocycles. The molecule has 0 saturated carbocycles. The molecular weight excluding hydrogens is 260 g/mol. The second kappa shape index (κ2) is 5.45. The van der Waals surface area contributed by atoms with Crippen molar-refractivity contribution in [3.8, 4) is 0 Å². The molecule has 19 heavy (non-hydrogen) atoms. The number of fused-ring (bicyclic) bond motifs is 1. The van der Waals surface area contributed by atoms with Gasteiger partial charge in [0, 0.05) is 11.4 Å². The van der Waals surface area contributed by atoms with Gasteiger partial charge in [0.05, 0.1) is 18.0 Å². The van der Waals surface area contributed by atoms with E-state index in [-0.39, 0.29) is 6.04 Å². The van der Waals surface area contributed by atoms with E-state index in [1.807, 2.05) is 0 Å². The number of nitrogens with zero attached hydrogens (tertiary/aromatic N) is 1. The van der Waals surface area contributed by atoms with Gasteiger partial charge in [0.2, 0.25) is 0 Å². The van der Waals surface area contributed by atoms with Crippen molar-refractivity contribution in [2.24, 2.45) is 0 Å². The van der Waals surface area contributed by atoms with Crippen molar-refractivity contribution in [3.63, 3.8) is 0 Å². The average Bonchev–Trinajstić information content (AvgIpc) is 3.09. The smallest absolute Gasteiger partial charge is 0.133 e. The van der Waals surface area contributed by atoms with Crippen LogP contribution in [0.3, 0.4) is 0 Å². The van der Waals surface area contributed by atoms with Crippen molar-refractivity contribution >= 4 is 11.3 Å². The van der Waals surface area contributed by atoms with Crippen molar-refractivity contribution in [2.75, 3.05) is 6.54 Å². The number of hydrogen-bond donors (Lipinski definition) is 2. The first-order chi connectivity index (χ1) is 9.24. The van der Waals surface area contributed by atoms with Gasteiger partial charge in [-0.15, -0.1) is 11.3 Å². The lowest BCUT2D eigenvalue weighted by molar-refractivity contribution is 0.144. The molecule has 0 fully saturated rings. The number of thiazole rings is 1. The first-order valence-corrected chi connectivity index (χ1v) is 7.49. The van der Waals surface area contributed by atoms with Crippen molar-refractivity contribution in [3.05, 3.63) is 39.7 Å². The average molecular weight is 278 g/mol. The quantitative estimate of drug-likeness (QED) is 0.882. The Morgan fingerprint density at radius 2 is 2.42 bits per heavy atom. The summed E-state index contributed by atoms with van der Waals surface area (Å²) in [7, 11) is 0. The third-order valence-corrected chi connectivity index (χ3v) is 4.81. The lowest BCUT2D eigenvalue weighted by atomic mass is 10.2. The van der Waals surface area contributed by atoms with Crippen molar-refractivity contribution in [1.82, 2.24) is 10.3 Å². The van der Waals surface area contributed by atoms with Crippen LogP contribution >= 0.6 is 11.3 Å². The Morgan fingerprint density at radius 3 is 3.16 bits per heavy atom. The lowest BCUT2D eigenvalue weighted by Crippen LogP contribution is -2.24. The minimum Gasteiger partial charge on any atom is -0.467 e. The molecule has 0 bridgehead atoms. The van der Waals surface area contributed by atoms with E-state index in [1.165, 1.54) is 23.4 Å². The summed E-state index contributed by atoms with van der Waals surface area (Å²) in [6.45, 7) is 2.56. The maximum atomic E-state index is 9.95. The number of aromatic nitrogens is 1. The third-order valence-electron chi connectivity index (χ3n) is 3.47. The van der Waals surface area contributed by atoms with Crippen LogP contribution in [0.4, 0.5) is 0 Å². The van der Waals surface area contributed by atoms with E-state index >= 15 is 0 Å². The highest BCUT2D eigenvalue weighted by molar-refractivity contribution is 7.11. The fourth-order valence-electron chi connectivity index (χ4n) is 2.35. The van der Waals surface area contributed by atoms with E-state index in [0.717, 1.165) is 11.4 Å². The minimum absolute atomic E-state index is 0.167. The maximum Gasteiger partial charge on any atom is 0.133 e. The van der Waals surface area contributed by atoms with E-state index < -0.39 is 6.10 Å². The largest absolute Gasteiger partial charge is 0.467 e. The highest BCUT2D eigenvalue weighted by Gasteiger charge is 2.20. The number of aryl methyl sites for hydroxylation is 2. The Labute approximate surface area is 116 Å². The van der Waals surface area contributed by atoms with Gasteiger partial charge < -0.3 is 14.8 Å². The SMILES string of the molecule is CC(NCC(O)c1ccco1)c1nc2c(s1)CCC2. The molecule has 0 aliphatic heterocycles. The van der Waals surface area contributed by atoms with E-state index in [2.05, 4.69) is 17.2 Å². The number of rotatable bonds is 5. The summed E-state index contributed by atoms with van der Waals surface area (Å²) in [5.41, 5.74) is 1.28. The fourth-order valence-corrected chi connectivity index (χ4v) is 3.53. The molecular formula is C14H18N2O2S. The van der Waals surface area contributed by atoms with Crippen molar-refractivity contribution in [1.29, 1.82) is 0 Å². The minimum atomic E-state index is -0.607. The molecule has 0 saturated heterocycles. The molecule has 0 aromatic carbocycles. The topological polar surface area (TPSA) is 58.3 Å². The number of aliphatic hydroxyl groups is 1. The number of hydrogen-bond acceptors (Lipinski definition) is 5. The molecule has 2 heterocycles. The van der Waals surface area contributed by atoms with E-state index in [9.17, 15) is 5.11 Å². The second-order valence-electron chi connectivity index (χ2n) is 4.94. The molecule has 0 amide bonds. The lowest BCUT2D eigenvalue weighted by Gasteiger charge is -2.14. The maximum absolute atomic E-state index is 9.95. The van der Waals surface area contributed by atoms with Gasteiger partial charge in [0.15, 0.2) is 0 Å². The molecule has 2 N–H and O–H groups in total. The second-order valence-corrected chi connectivity index (χ2v) is 6.05. The zero-order chi connectivity index (χ0) is 13.2. The molecule has 102 valence electrons. The Kier molecular flexibility index (Phi) is 3.68. The van der Waals surface area contributed by atoms with Crippen LogP contribution in [0, 0.1) is 0 Å². The van der Waals surface area contributed by atoms with Crippen LogP contribution in [0.15, 0.2) is 22.8 Å². The Hall–Kier alpha value is -1.17. The molecule has 5 heteroatoms. The Morgan fingerprint density at radius 1 is 1.53 bits per heavy atom. The summed E-state index contributed by atoms with van der Waals surface area (Å²) in [6, 6.07) is 3.74. The molecule has 0 spiro atoms. The van der Waals surface area contributed by atoms with E-state index in [4.69, 9.17) is 4.42 Å². The van der Waals surface area contributed by atoms with Gasteiger partial charge >= 0.3 is 0 Å². The van der Waals surface area contributed by atoms with Crippen LogP contribution in [0.5, 0.6) is 0 Å². The number of furan rings is 1. The Bertz CT molecular complexity index is 514. The molecule has 4 nitrogen and oxygen atoms in total. The Balaban J connectivity index is 1.57. The number of aliphatic hydroxyl groups excluding tert-OH is 1. The molecule has 2 aromatic rings. The first-order valence-electron chi connectivity index (χ1n) is 6.67. The van der Waals surface area contributed by atoms with Gasteiger partial charge in [-0.25, -0.2) is 4.98 Å². The monoisotopic (exact) mass is 278 g/mol. The predicted molar refractivity (Wildman–Crippen MR) is 74.2 cm³/mol.